The highest BCUT2D eigenvalue weighted by Gasteiger charge is 2.37. The number of sulfone groups is 1. The first-order chi connectivity index (χ1) is 8.21. The molecule has 1 aliphatic carbocycles. The van der Waals surface area contributed by atoms with Crippen LogP contribution in [0, 0.1) is 5.92 Å². The first-order valence-electron chi connectivity index (χ1n) is 6.08. The van der Waals surface area contributed by atoms with Crippen molar-refractivity contribution in [2.24, 2.45) is 11.7 Å². The minimum Gasteiger partial charge on any atom is -0.330 e. The molecule has 1 rings (SSSR count). The average Bonchev–Trinajstić information content (AvgIpc) is 2.62. The third kappa shape index (κ3) is 3.91. The van der Waals surface area contributed by atoms with Gasteiger partial charge in [0.15, 0.2) is 14.9 Å². The van der Waals surface area contributed by atoms with Crippen LogP contribution in [-0.2, 0) is 19.9 Å². The van der Waals surface area contributed by atoms with Crippen molar-refractivity contribution < 1.29 is 16.8 Å². The molecule has 0 aromatic rings. The fourth-order valence-electron chi connectivity index (χ4n) is 2.65. The van der Waals surface area contributed by atoms with Crippen molar-refractivity contribution in [2.75, 3.05) is 24.4 Å². The Morgan fingerprint density at radius 1 is 1.22 bits per heavy atom. The molecule has 0 aromatic heterocycles. The van der Waals surface area contributed by atoms with E-state index in [4.69, 9.17) is 5.73 Å². The third-order valence-electron chi connectivity index (χ3n) is 3.32. The van der Waals surface area contributed by atoms with Gasteiger partial charge < -0.3 is 5.73 Å². The number of hydrogen-bond donors (Lipinski definition) is 1. The summed E-state index contributed by atoms with van der Waals surface area (Å²) in [6.45, 7) is 2.46. The second-order valence-electron chi connectivity index (χ2n) is 4.85. The molecular weight excluding hydrogens is 276 g/mol. The molecule has 0 radical (unpaired) electrons. The molecule has 0 aliphatic heterocycles. The van der Waals surface area contributed by atoms with Crippen molar-refractivity contribution in [1.82, 2.24) is 4.31 Å². The van der Waals surface area contributed by atoms with Crippen LogP contribution in [0.15, 0.2) is 0 Å². The van der Waals surface area contributed by atoms with E-state index in [9.17, 15) is 16.8 Å². The highest BCUT2D eigenvalue weighted by molar-refractivity contribution is 8.06. The Morgan fingerprint density at radius 2 is 1.83 bits per heavy atom. The summed E-state index contributed by atoms with van der Waals surface area (Å²) in [6, 6.07) is -0.147. The van der Waals surface area contributed by atoms with Crippen LogP contribution < -0.4 is 5.73 Å². The van der Waals surface area contributed by atoms with Gasteiger partial charge in [-0.25, -0.2) is 16.8 Å². The van der Waals surface area contributed by atoms with Crippen molar-refractivity contribution in [3.63, 3.8) is 0 Å². The van der Waals surface area contributed by atoms with Gasteiger partial charge in [-0.1, -0.05) is 13.3 Å². The molecule has 2 unspecified atom stereocenters. The topological polar surface area (TPSA) is 97.5 Å². The van der Waals surface area contributed by atoms with Crippen molar-refractivity contribution in [2.45, 2.75) is 32.2 Å². The maximum atomic E-state index is 12.1. The van der Waals surface area contributed by atoms with Crippen LogP contribution in [0.5, 0.6) is 0 Å². The van der Waals surface area contributed by atoms with Gasteiger partial charge in [-0.05, 0) is 25.3 Å². The monoisotopic (exact) mass is 298 g/mol. The summed E-state index contributed by atoms with van der Waals surface area (Å²) in [5.41, 5.74) is 5.65. The van der Waals surface area contributed by atoms with E-state index in [1.54, 1.807) is 6.92 Å². The third-order valence-corrected chi connectivity index (χ3v) is 7.47. The number of nitrogens with two attached hydrogens (primary N) is 1. The molecule has 0 aromatic carbocycles. The van der Waals surface area contributed by atoms with Crippen LogP contribution in [0.2, 0.25) is 0 Å². The van der Waals surface area contributed by atoms with E-state index in [2.05, 4.69) is 0 Å². The van der Waals surface area contributed by atoms with E-state index in [1.165, 1.54) is 4.31 Å². The van der Waals surface area contributed by atoms with Crippen LogP contribution in [0.1, 0.15) is 26.2 Å². The van der Waals surface area contributed by atoms with Gasteiger partial charge >= 0.3 is 0 Å². The maximum Gasteiger partial charge on any atom is 0.228 e. The van der Waals surface area contributed by atoms with Crippen LogP contribution in [0.25, 0.3) is 0 Å². The van der Waals surface area contributed by atoms with Gasteiger partial charge in [-0.15, -0.1) is 0 Å². The molecule has 0 saturated heterocycles. The van der Waals surface area contributed by atoms with Crippen molar-refractivity contribution in [1.29, 1.82) is 0 Å². The van der Waals surface area contributed by atoms with E-state index in [0.29, 0.717) is 13.1 Å². The van der Waals surface area contributed by atoms with Crippen LogP contribution >= 0.6 is 0 Å². The first kappa shape index (κ1) is 15.9. The summed E-state index contributed by atoms with van der Waals surface area (Å²) in [7, 11) is -7.32. The summed E-state index contributed by atoms with van der Waals surface area (Å²) in [6.07, 6.45) is 3.55. The molecule has 8 heteroatoms. The predicted molar refractivity (Wildman–Crippen MR) is 71.2 cm³/mol. The Labute approximate surface area is 110 Å². The summed E-state index contributed by atoms with van der Waals surface area (Å²) >= 11 is 0. The normalized spacial score (nSPS) is 25.8. The maximum absolute atomic E-state index is 12.1. The van der Waals surface area contributed by atoms with Gasteiger partial charge in [0.25, 0.3) is 0 Å². The molecule has 2 N–H and O–H groups in total. The van der Waals surface area contributed by atoms with Gasteiger partial charge in [-0.3, -0.25) is 0 Å². The lowest BCUT2D eigenvalue weighted by Gasteiger charge is -2.30. The van der Waals surface area contributed by atoms with Gasteiger partial charge in [-0.2, -0.15) is 4.31 Å². The zero-order chi connectivity index (χ0) is 14.0. The smallest absolute Gasteiger partial charge is 0.228 e. The molecule has 0 bridgehead atoms. The summed E-state index contributed by atoms with van der Waals surface area (Å²) in [5.74, 6) is 0.138. The minimum absolute atomic E-state index is 0.138. The molecule has 6 nitrogen and oxygen atoms in total. The average molecular weight is 298 g/mol. The van der Waals surface area contributed by atoms with Gasteiger partial charge in [0.2, 0.25) is 10.0 Å². The molecule has 1 aliphatic rings. The van der Waals surface area contributed by atoms with Crippen LogP contribution in [0.4, 0.5) is 0 Å². The summed E-state index contributed by atoms with van der Waals surface area (Å²) in [5, 5.41) is -0.818. The van der Waals surface area contributed by atoms with E-state index >= 15 is 0 Å². The Morgan fingerprint density at radius 3 is 2.28 bits per heavy atom. The molecule has 1 fully saturated rings. The summed E-state index contributed by atoms with van der Waals surface area (Å²) in [4.78, 5) is 0. The van der Waals surface area contributed by atoms with Crippen molar-refractivity contribution in [3.05, 3.63) is 0 Å². The zero-order valence-corrected chi connectivity index (χ0v) is 12.5. The van der Waals surface area contributed by atoms with E-state index in [1.807, 2.05) is 0 Å². The lowest BCUT2D eigenvalue weighted by Crippen LogP contribution is -2.45. The number of nitrogens with zero attached hydrogens (tertiary/aromatic N) is 1. The predicted octanol–water partition coefficient (Wildman–Crippen LogP) is -0.232. The Hall–Kier alpha value is -0.180. The molecule has 1 saturated carbocycles. The summed E-state index contributed by atoms with van der Waals surface area (Å²) < 4.78 is 48.0. The Balaban J connectivity index is 2.95. The molecule has 0 spiro atoms. The highest BCUT2D eigenvalue weighted by Crippen LogP contribution is 2.31. The van der Waals surface area contributed by atoms with Crippen molar-refractivity contribution in [3.8, 4) is 0 Å². The number of rotatable bonds is 6. The fourth-order valence-corrected chi connectivity index (χ4v) is 6.44. The van der Waals surface area contributed by atoms with Gasteiger partial charge in [0.05, 0.1) is 0 Å². The number of hydrogen-bond acceptors (Lipinski definition) is 5. The SMILES string of the molecule is CCN(C1CCCC1CN)S(=O)(=O)CS(C)(=O)=O. The second-order valence-corrected chi connectivity index (χ2v) is 9.28. The second kappa shape index (κ2) is 5.85. The van der Waals surface area contributed by atoms with E-state index in [0.717, 1.165) is 25.5 Å². The quantitative estimate of drug-likeness (QED) is 0.730. The lowest BCUT2D eigenvalue weighted by molar-refractivity contribution is 0.277. The largest absolute Gasteiger partial charge is 0.330 e. The minimum atomic E-state index is -3.77. The zero-order valence-electron chi connectivity index (χ0n) is 10.9. The fraction of sp³-hybridized carbons (Fsp3) is 1.00. The molecule has 2 atom stereocenters. The first-order valence-corrected chi connectivity index (χ1v) is 9.75. The molecule has 0 heterocycles. The Kier molecular flexibility index (Phi) is 5.16. The van der Waals surface area contributed by atoms with E-state index in [-0.39, 0.29) is 12.0 Å². The van der Waals surface area contributed by atoms with Gasteiger partial charge in [0.1, 0.15) is 0 Å². The number of sulfonamides is 1. The van der Waals surface area contributed by atoms with Crippen LogP contribution in [-0.4, -0.2) is 51.6 Å². The standard InChI is InChI=1S/C10H22N2O4S2/c1-3-12(10-6-4-5-9(10)7-11)18(15,16)8-17(2,13)14/h9-10H,3-8,11H2,1-2H3. The van der Waals surface area contributed by atoms with Gasteiger partial charge in [0, 0.05) is 18.8 Å². The highest BCUT2D eigenvalue weighted by atomic mass is 32.3. The molecular formula is C10H22N2O4S2. The molecule has 0 amide bonds. The van der Waals surface area contributed by atoms with E-state index < -0.39 is 24.9 Å². The van der Waals surface area contributed by atoms with Crippen LogP contribution in [0.3, 0.4) is 0 Å². The molecule has 18 heavy (non-hydrogen) atoms. The lowest BCUT2D eigenvalue weighted by atomic mass is 10.0. The van der Waals surface area contributed by atoms with Crippen molar-refractivity contribution >= 4 is 19.9 Å². The molecule has 108 valence electrons. The Bertz CT molecular complexity index is 472.